The number of aliphatic hydroxyl groups is 1. The van der Waals surface area contributed by atoms with Crippen molar-refractivity contribution in [3.63, 3.8) is 0 Å². The van der Waals surface area contributed by atoms with Crippen molar-refractivity contribution >= 4 is 5.97 Å². The van der Waals surface area contributed by atoms with E-state index in [1.807, 2.05) is 0 Å². The van der Waals surface area contributed by atoms with Gasteiger partial charge in [0.15, 0.2) is 0 Å². The first-order valence-corrected chi connectivity index (χ1v) is 5.33. The highest BCUT2D eigenvalue weighted by Gasteiger charge is 2.13. The van der Waals surface area contributed by atoms with Crippen molar-refractivity contribution < 1.29 is 19.4 Å². The molecule has 0 saturated heterocycles. The van der Waals surface area contributed by atoms with Gasteiger partial charge in [-0.25, -0.2) is 0 Å². The summed E-state index contributed by atoms with van der Waals surface area (Å²) in [5.41, 5.74) is 5.41. The number of hydrogen-bond donors (Lipinski definition) is 2. The van der Waals surface area contributed by atoms with Crippen LogP contribution in [0.5, 0.6) is 0 Å². The zero-order chi connectivity index (χ0) is 11.5. The molecular weight excluding hydrogens is 198 g/mol. The second kappa shape index (κ2) is 9.89. The van der Waals surface area contributed by atoms with Gasteiger partial charge < -0.3 is 20.3 Å². The number of unbranched alkanes of at least 4 members (excludes halogenated alkanes) is 1. The van der Waals surface area contributed by atoms with Gasteiger partial charge in [0.05, 0.1) is 6.61 Å². The molecule has 15 heavy (non-hydrogen) atoms. The number of nitrogens with two attached hydrogens (primary N) is 1. The van der Waals surface area contributed by atoms with Crippen molar-refractivity contribution in [2.24, 2.45) is 5.73 Å². The molecule has 0 unspecified atom stereocenters. The number of aliphatic hydroxyl groups excluding tert-OH is 1. The minimum absolute atomic E-state index is 0.108. The van der Waals surface area contributed by atoms with Crippen LogP contribution < -0.4 is 5.73 Å². The van der Waals surface area contributed by atoms with E-state index in [1.165, 1.54) is 0 Å². The summed E-state index contributed by atoms with van der Waals surface area (Å²) < 4.78 is 10.0. The summed E-state index contributed by atoms with van der Waals surface area (Å²) >= 11 is 0. The predicted molar refractivity (Wildman–Crippen MR) is 56.4 cm³/mol. The van der Waals surface area contributed by atoms with E-state index in [0.29, 0.717) is 13.2 Å². The van der Waals surface area contributed by atoms with E-state index in [0.717, 1.165) is 12.8 Å². The van der Waals surface area contributed by atoms with Gasteiger partial charge >= 0.3 is 5.97 Å². The third-order valence-corrected chi connectivity index (χ3v) is 1.86. The molecule has 0 rings (SSSR count). The lowest BCUT2D eigenvalue weighted by Crippen LogP contribution is -2.33. The van der Waals surface area contributed by atoms with Crippen molar-refractivity contribution in [1.29, 1.82) is 0 Å². The van der Waals surface area contributed by atoms with Crippen LogP contribution in [0.4, 0.5) is 0 Å². The Morgan fingerprint density at radius 2 is 2.13 bits per heavy atom. The monoisotopic (exact) mass is 219 g/mol. The number of esters is 1. The van der Waals surface area contributed by atoms with E-state index < -0.39 is 12.0 Å². The SMILES string of the molecule is CCCCOCCOC(=O)[C@H](N)CCO. The van der Waals surface area contributed by atoms with Gasteiger partial charge in [0.1, 0.15) is 12.6 Å². The molecule has 0 amide bonds. The van der Waals surface area contributed by atoms with Gasteiger partial charge in [0.25, 0.3) is 0 Å². The number of hydrogen-bond acceptors (Lipinski definition) is 5. The fourth-order valence-corrected chi connectivity index (χ4v) is 0.914. The van der Waals surface area contributed by atoms with Gasteiger partial charge in [0, 0.05) is 13.2 Å². The maximum Gasteiger partial charge on any atom is 0.323 e. The maximum absolute atomic E-state index is 11.1. The summed E-state index contributed by atoms with van der Waals surface area (Å²) in [6.45, 7) is 3.29. The summed E-state index contributed by atoms with van der Waals surface area (Å²) in [7, 11) is 0. The summed E-state index contributed by atoms with van der Waals surface area (Å²) in [5.74, 6) is -0.483. The number of carbonyl (C=O) groups is 1. The van der Waals surface area contributed by atoms with Crippen LogP contribution in [0.25, 0.3) is 0 Å². The smallest absolute Gasteiger partial charge is 0.323 e. The molecule has 3 N–H and O–H groups in total. The topological polar surface area (TPSA) is 81.8 Å². The highest BCUT2D eigenvalue weighted by Crippen LogP contribution is 1.92. The molecule has 0 aliphatic carbocycles. The third-order valence-electron chi connectivity index (χ3n) is 1.86. The van der Waals surface area contributed by atoms with Gasteiger partial charge in [-0.1, -0.05) is 13.3 Å². The van der Waals surface area contributed by atoms with Gasteiger partial charge in [0.2, 0.25) is 0 Å². The quantitative estimate of drug-likeness (QED) is 0.423. The second-order valence-corrected chi connectivity index (χ2v) is 3.25. The number of carbonyl (C=O) groups excluding carboxylic acids is 1. The minimum atomic E-state index is -0.731. The first kappa shape index (κ1) is 14.3. The standard InChI is InChI=1S/C10H21NO4/c1-2-3-6-14-7-8-15-10(13)9(11)4-5-12/h9,12H,2-8,11H2,1H3/t9-/m1/s1. The molecule has 0 spiro atoms. The number of rotatable bonds is 9. The normalized spacial score (nSPS) is 12.5. The van der Waals surface area contributed by atoms with Gasteiger partial charge in [-0.15, -0.1) is 0 Å². The van der Waals surface area contributed by atoms with Crippen LogP contribution in [-0.4, -0.2) is 43.5 Å². The molecule has 0 radical (unpaired) electrons. The lowest BCUT2D eigenvalue weighted by Gasteiger charge is -2.10. The Kier molecular flexibility index (Phi) is 9.46. The highest BCUT2D eigenvalue weighted by atomic mass is 16.6. The highest BCUT2D eigenvalue weighted by molar-refractivity contribution is 5.75. The van der Waals surface area contributed by atoms with E-state index in [-0.39, 0.29) is 19.6 Å². The summed E-state index contributed by atoms with van der Waals surface area (Å²) in [5, 5.41) is 8.54. The molecule has 0 heterocycles. The van der Waals surface area contributed by atoms with Gasteiger partial charge in [-0.2, -0.15) is 0 Å². The Hall–Kier alpha value is -0.650. The molecule has 0 aromatic heterocycles. The van der Waals surface area contributed by atoms with E-state index in [2.05, 4.69) is 6.92 Å². The maximum atomic E-state index is 11.1. The average molecular weight is 219 g/mol. The van der Waals surface area contributed by atoms with E-state index in [1.54, 1.807) is 0 Å². The molecule has 0 fully saturated rings. The first-order valence-electron chi connectivity index (χ1n) is 5.33. The Morgan fingerprint density at radius 1 is 1.40 bits per heavy atom. The molecule has 0 bridgehead atoms. The van der Waals surface area contributed by atoms with Crippen molar-refractivity contribution in [2.75, 3.05) is 26.4 Å². The van der Waals surface area contributed by atoms with Crippen molar-refractivity contribution in [1.82, 2.24) is 0 Å². The molecule has 5 heteroatoms. The lowest BCUT2D eigenvalue weighted by molar-refractivity contribution is -0.147. The van der Waals surface area contributed by atoms with Crippen LogP contribution in [-0.2, 0) is 14.3 Å². The fraction of sp³-hybridized carbons (Fsp3) is 0.900. The Morgan fingerprint density at radius 3 is 2.73 bits per heavy atom. The molecule has 0 aromatic carbocycles. The zero-order valence-corrected chi connectivity index (χ0v) is 9.28. The average Bonchev–Trinajstić information content (AvgIpc) is 2.23. The van der Waals surface area contributed by atoms with Crippen LogP contribution in [0, 0.1) is 0 Å². The third kappa shape index (κ3) is 8.35. The molecule has 0 aromatic rings. The molecule has 0 aliphatic rings. The Balaban J connectivity index is 3.30. The molecule has 5 nitrogen and oxygen atoms in total. The molecular formula is C10H21NO4. The van der Waals surface area contributed by atoms with E-state index in [9.17, 15) is 4.79 Å². The number of ether oxygens (including phenoxy) is 2. The van der Waals surface area contributed by atoms with Crippen molar-refractivity contribution in [3.8, 4) is 0 Å². The van der Waals surface area contributed by atoms with Crippen LogP contribution in [0.2, 0.25) is 0 Å². The largest absolute Gasteiger partial charge is 0.462 e. The summed E-state index contributed by atoms with van der Waals surface area (Å²) in [4.78, 5) is 11.1. The Bertz CT molecular complexity index is 164. The Labute approximate surface area is 90.5 Å². The van der Waals surface area contributed by atoms with Crippen LogP contribution in [0.3, 0.4) is 0 Å². The molecule has 0 saturated carbocycles. The van der Waals surface area contributed by atoms with Gasteiger partial charge in [-0.05, 0) is 12.8 Å². The summed E-state index contributed by atoms with van der Waals surface area (Å²) in [6.07, 6.45) is 2.33. The fourth-order valence-electron chi connectivity index (χ4n) is 0.914. The predicted octanol–water partition coefficient (Wildman–Crippen LogP) is 0.0560. The van der Waals surface area contributed by atoms with Gasteiger partial charge in [-0.3, -0.25) is 4.79 Å². The zero-order valence-electron chi connectivity index (χ0n) is 9.28. The van der Waals surface area contributed by atoms with Crippen LogP contribution >= 0.6 is 0 Å². The van der Waals surface area contributed by atoms with E-state index >= 15 is 0 Å². The molecule has 0 aliphatic heterocycles. The molecule has 90 valence electrons. The van der Waals surface area contributed by atoms with Crippen LogP contribution in [0.15, 0.2) is 0 Å². The lowest BCUT2D eigenvalue weighted by atomic mass is 10.2. The minimum Gasteiger partial charge on any atom is -0.462 e. The van der Waals surface area contributed by atoms with E-state index in [4.69, 9.17) is 20.3 Å². The first-order chi connectivity index (χ1) is 7.22. The second-order valence-electron chi connectivity index (χ2n) is 3.25. The molecule has 1 atom stereocenters. The van der Waals surface area contributed by atoms with Crippen molar-refractivity contribution in [2.45, 2.75) is 32.2 Å². The summed E-state index contributed by atoms with van der Waals surface area (Å²) in [6, 6.07) is -0.731. The van der Waals surface area contributed by atoms with Crippen molar-refractivity contribution in [3.05, 3.63) is 0 Å². The van der Waals surface area contributed by atoms with Crippen LogP contribution in [0.1, 0.15) is 26.2 Å².